The van der Waals surface area contributed by atoms with Crippen molar-refractivity contribution in [2.75, 3.05) is 6.54 Å². The number of hydrogen-bond donors (Lipinski definition) is 2. The van der Waals surface area contributed by atoms with Gasteiger partial charge in [0.2, 0.25) is 5.92 Å². The van der Waals surface area contributed by atoms with Gasteiger partial charge < -0.3 is 19.9 Å². The molecule has 0 spiro atoms. The van der Waals surface area contributed by atoms with Gasteiger partial charge in [0, 0.05) is 26.8 Å². The smallest absolute Gasteiger partial charge is 0.404 e. The first-order valence-corrected chi connectivity index (χ1v) is 5.18. The summed E-state index contributed by atoms with van der Waals surface area (Å²) in [4.78, 5) is 44.7. The van der Waals surface area contributed by atoms with E-state index in [4.69, 9.17) is 14.6 Å². The molecule has 1 saturated heterocycles. The number of hydrogen-bond acceptors (Lipinski definition) is 6. The fourth-order valence-electron chi connectivity index (χ4n) is 1.42. The summed E-state index contributed by atoms with van der Waals surface area (Å²) in [5.74, 6) is -5.71. The Hall–Kier alpha value is -2.12. The molecule has 18 heavy (non-hydrogen) atoms. The standard InChI is InChI=1S/C10H13NO7/c1-10(2)17-7(13)6(8(14)18-10)5(12)3-4-11-9(15)16/h6,11H,3-4H2,1-2H3,(H,15,16). The summed E-state index contributed by atoms with van der Waals surface area (Å²) in [7, 11) is 0. The Bertz CT molecular complexity index is 381. The first kappa shape index (κ1) is 13.9. The van der Waals surface area contributed by atoms with E-state index in [1.165, 1.54) is 13.8 Å². The van der Waals surface area contributed by atoms with Gasteiger partial charge in [-0.25, -0.2) is 4.79 Å². The largest absolute Gasteiger partial charge is 0.465 e. The van der Waals surface area contributed by atoms with Crippen molar-refractivity contribution >= 4 is 23.8 Å². The van der Waals surface area contributed by atoms with Crippen LogP contribution in [0.1, 0.15) is 20.3 Å². The second-order valence-electron chi connectivity index (χ2n) is 4.12. The Morgan fingerprint density at radius 3 is 2.22 bits per heavy atom. The first-order chi connectivity index (χ1) is 8.23. The number of rotatable bonds is 4. The zero-order chi connectivity index (χ0) is 13.9. The van der Waals surface area contributed by atoms with Crippen molar-refractivity contribution in [1.82, 2.24) is 5.32 Å². The SMILES string of the molecule is CC1(C)OC(=O)C(C(=O)CCNC(=O)O)C(=O)O1. The summed E-state index contributed by atoms with van der Waals surface area (Å²) in [5.41, 5.74) is 0. The van der Waals surface area contributed by atoms with Gasteiger partial charge in [-0.2, -0.15) is 0 Å². The molecule has 0 atom stereocenters. The lowest BCUT2D eigenvalue weighted by atomic mass is 10.0. The number of carbonyl (C=O) groups excluding carboxylic acids is 3. The van der Waals surface area contributed by atoms with E-state index >= 15 is 0 Å². The highest BCUT2D eigenvalue weighted by molar-refractivity contribution is 6.15. The minimum Gasteiger partial charge on any atom is -0.465 e. The van der Waals surface area contributed by atoms with Crippen LogP contribution in [-0.2, 0) is 23.9 Å². The van der Waals surface area contributed by atoms with Crippen molar-refractivity contribution in [3.8, 4) is 0 Å². The monoisotopic (exact) mass is 259 g/mol. The molecule has 0 saturated carbocycles. The van der Waals surface area contributed by atoms with Crippen molar-refractivity contribution in [1.29, 1.82) is 0 Å². The Morgan fingerprint density at radius 1 is 1.28 bits per heavy atom. The number of ketones is 1. The van der Waals surface area contributed by atoms with Crippen LogP contribution < -0.4 is 5.32 Å². The van der Waals surface area contributed by atoms with Crippen molar-refractivity contribution in [3.05, 3.63) is 0 Å². The normalized spacial score (nSPS) is 18.8. The molecule has 0 radical (unpaired) electrons. The lowest BCUT2D eigenvalue weighted by Crippen LogP contribution is -2.49. The molecule has 0 unspecified atom stereocenters. The van der Waals surface area contributed by atoms with Crippen LogP contribution >= 0.6 is 0 Å². The predicted octanol–water partition coefficient (Wildman–Crippen LogP) is -0.334. The fraction of sp³-hybridized carbons (Fsp3) is 0.600. The zero-order valence-corrected chi connectivity index (χ0v) is 9.89. The minimum atomic E-state index is -1.63. The van der Waals surface area contributed by atoms with Crippen molar-refractivity contribution in [2.45, 2.75) is 26.1 Å². The second kappa shape index (κ2) is 5.03. The summed E-state index contributed by atoms with van der Waals surface area (Å²) < 4.78 is 9.53. The number of cyclic esters (lactones) is 2. The molecule has 8 heteroatoms. The third-order valence-electron chi connectivity index (χ3n) is 2.13. The van der Waals surface area contributed by atoms with E-state index < -0.39 is 35.5 Å². The molecule has 1 heterocycles. The summed E-state index contributed by atoms with van der Waals surface area (Å²) in [5, 5.41) is 10.3. The first-order valence-electron chi connectivity index (χ1n) is 5.18. The molecular weight excluding hydrogens is 246 g/mol. The maximum Gasteiger partial charge on any atom is 0.404 e. The number of esters is 2. The molecule has 0 aromatic carbocycles. The Balaban J connectivity index is 2.60. The van der Waals surface area contributed by atoms with Crippen LogP contribution in [0.4, 0.5) is 4.79 Å². The van der Waals surface area contributed by atoms with E-state index in [9.17, 15) is 19.2 Å². The van der Waals surface area contributed by atoms with E-state index in [1.807, 2.05) is 5.32 Å². The van der Waals surface area contributed by atoms with Crippen LogP contribution in [0.15, 0.2) is 0 Å². The van der Waals surface area contributed by atoms with E-state index in [-0.39, 0.29) is 13.0 Å². The highest BCUT2D eigenvalue weighted by Gasteiger charge is 2.46. The average Bonchev–Trinajstić information content (AvgIpc) is 2.12. The molecule has 0 bridgehead atoms. The molecule has 100 valence electrons. The van der Waals surface area contributed by atoms with Crippen LogP contribution in [0.3, 0.4) is 0 Å². The van der Waals surface area contributed by atoms with Crippen molar-refractivity contribution < 1.29 is 33.8 Å². The van der Waals surface area contributed by atoms with E-state index in [2.05, 4.69) is 0 Å². The summed E-state index contributed by atoms with van der Waals surface area (Å²) >= 11 is 0. The number of Topliss-reactive ketones (excluding diaryl/α,β-unsaturated/α-hetero) is 1. The van der Waals surface area contributed by atoms with Gasteiger partial charge in [0.15, 0.2) is 5.78 Å². The molecule has 1 amide bonds. The molecule has 1 aliphatic heterocycles. The van der Waals surface area contributed by atoms with Gasteiger partial charge >= 0.3 is 18.0 Å². The molecule has 0 aromatic rings. The van der Waals surface area contributed by atoms with Crippen LogP contribution in [-0.4, -0.2) is 41.3 Å². The lowest BCUT2D eigenvalue weighted by molar-refractivity contribution is -0.238. The van der Waals surface area contributed by atoms with E-state index in [0.29, 0.717) is 0 Å². The lowest BCUT2D eigenvalue weighted by Gasteiger charge is -2.32. The van der Waals surface area contributed by atoms with E-state index in [0.717, 1.165) is 0 Å². The summed E-state index contributed by atoms with van der Waals surface area (Å²) in [6, 6.07) is 0. The molecule has 1 aliphatic rings. The van der Waals surface area contributed by atoms with Gasteiger partial charge in [-0.3, -0.25) is 14.4 Å². The van der Waals surface area contributed by atoms with Crippen LogP contribution in [0.2, 0.25) is 0 Å². The third-order valence-corrected chi connectivity index (χ3v) is 2.13. The summed E-state index contributed by atoms with van der Waals surface area (Å²) in [6.45, 7) is 2.56. The average molecular weight is 259 g/mol. The Kier molecular flexibility index (Phi) is 3.89. The number of carbonyl (C=O) groups is 4. The van der Waals surface area contributed by atoms with Crippen LogP contribution in [0, 0.1) is 5.92 Å². The zero-order valence-electron chi connectivity index (χ0n) is 9.89. The Morgan fingerprint density at radius 2 is 1.78 bits per heavy atom. The quantitative estimate of drug-likeness (QED) is 0.523. The molecule has 0 aromatic heterocycles. The highest BCUT2D eigenvalue weighted by Crippen LogP contribution is 2.24. The number of amides is 1. The van der Waals surface area contributed by atoms with Gasteiger partial charge in [0.25, 0.3) is 5.79 Å². The molecule has 0 aliphatic carbocycles. The minimum absolute atomic E-state index is 0.186. The molecule has 1 fully saturated rings. The third kappa shape index (κ3) is 3.44. The number of ether oxygens (including phenoxy) is 2. The maximum absolute atomic E-state index is 11.6. The molecule has 8 nitrogen and oxygen atoms in total. The Labute approximate surface area is 102 Å². The topological polar surface area (TPSA) is 119 Å². The number of nitrogens with one attached hydrogen (secondary N) is 1. The van der Waals surface area contributed by atoms with Gasteiger partial charge in [0.05, 0.1) is 0 Å². The maximum atomic E-state index is 11.6. The second-order valence-corrected chi connectivity index (χ2v) is 4.12. The van der Waals surface area contributed by atoms with Crippen molar-refractivity contribution in [3.63, 3.8) is 0 Å². The fourth-order valence-corrected chi connectivity index (χ4v) is 1.42. The van der Waals surface area contributed by atoms with Gasteiger partial charge in [0.1, 0.15) is 0 Å². The molecular formula is C10H13NO7. The number of carboxylic acid groups (broad SMARTS) is 1. The summed E-state index contributed by atoms with van der Waals surface area (Å²) in [6.07, 6.45) is -1.58. The van der Waals surface area contributed by atoms with Crippen molar-refractivity contribution in [2.24, 2.45) is 5.92 Å². The van der Waals surface area contributed by atoms with Gasteiger partial charge in [-0.05, 0) is 0 Å². The van der Waals surface area contributed by atoms with Gasteiger partial charge in [-0.1, -0.05) is 0 Å². The van der Waals surface area contributed by atoms with Crippen LogP contribution in [0.5, 0.6) is 0 Å². The predicted molar refractivity (Wildman–Crippen MR) is 55.4 cm³/mol. The molecule has 2 N–H and O–H groups in total. The molecule has 1 rings (SSSR count). The highest BCUT2D eigenvalue weighted by atomic mass is 16.7. The van der Waals surface area contributed by atoms with Gasteiger partial charge in [-0.15, -0.1) is 0 Å². The van der Waals surface area contributed by atoms with E-state index in [1.54, 1.807) is 0 Å². The van der Waals surface area contributed by atoms with Crippen LogP contribution in [0.25, 0.3) is 0 Å².